The standard InChI is InChI=1S/C8H11N3O2S/c1-13-8(12)11-7-10-5-2-3-9-4-6(5)14-7/h9H,2-4H2,1H3,(H,10,11,12). The lowest BCUT2D eigenvalue weighted by molar-refractivity contribution is 0.187. The van der Waals surface area contributed by atoms with Gasteiger partial charge in [0.1, 0.15) is 0 Å². The first-order chi connectivity index (χ1) is 6.79. The van der Waals surface area contributed by atoms with Gasteiger partial charge in [0.2, 0.25) is 0 Å². The van der Waals surface area contributed by atoms with E-state index in [1.54, 1.807) is 0 Å². The molecule has 1 aliphatic rings. The summed E-state index contributed by atoms with van der Waals surface area (Å²) in [6.07, 6.45) is 0.457. The molecule has 0 aliphatic carbocycles. The lowest BCUT2D eigenvalue weighted by Crippen LogP contribution is -2.22. The highest BCUT2D eigenvalue weighted by molar-refractivity contribution is 7.15. The van der Waals surface area contributed by atoms with Crippen molar-refractivity contribution in [2.75, 3.05) is 19.0 Å². The number of anilines is 1. The molecule has 0 radical (unpaired) electrons. The fourth-order valence-electron chi connectivity index (χ4n) is 1.32. The van der Waals surface area contributed by atoms with Gasteiger partial charge in [-0.2, -0.15) is 0 Å². The van der Waals surface area contributed by atoms with Crippen LogP contribution in [0.5, 0.6) is 0 Å². The Bertz CT molecular complexity index is 327. The first kappa shape index (κ1) is 9.42. The van der Waals surface area contributed by atoms with Crippen molar-refractivity contribution in [2.24, 2.45) is 0 Å². The van der Waals surface area contributed by atoms with Gasteiger partial charge in [-0.25, -0.2) is 9.78 Å². The second-order valence-electron chi connectivity index (χ2n) is 2.93. The van der Waals surface area contributed by atoms with Crippen LogP contribution in [0.4, 0.5) is 9.93 Å². The van der Waals surface area contributed by atoms with Crippen LogP contribution in [-0.4, -0.2) is 24.7 Å². The quantitative estimate of drug-likeness (QED) is 0.729. The van der Waals surface area contributed by atoms with E-state index < -0.39 is 6.09 Å². The molecule has 0 saturated carbocycles. The molecule has 0 bridgehead atoms. The van der Waals surface area contributed by atoms with Crippen LogP contribution in [0, 0.1) is 0 Å². The summed E-state index contributed by atoms with van der Waals surface area (Å²) in [5.74, 6) is 0. The molecule has 0 unspecified atom stereocenters. The molecule has 0 fully saturated rings. The third-order valence-electron chi connectivity index (χ3n) is 2.00. The number of nitrogens with zero attached hydrogens (tertiary/aromatic N) is 1. The number of hydrogen-bond acceptors (Lipinski definition) is 5. The molecule has 0 atom stereocenters. The fourth-order valence-corrected chi connectivity index (χ4v) is 2.28. The summed E-state index contributed by atoms with van der Waals surface area (Å²) in [4.78, 5) is 16.4. The van der Waals surface area contributed by atoms with Crippen molar-refractivity contribution in [2.45, 2.75) is 13.0 Å². The molecule has 1 aliphatic heterocycles. The third-order valence-corrected chi connectivity index (χ3v) is 3.01. The predicted octanol–water partition coefficient (Wildman–Crippen LogP) is 0.967. The Balaban J connectivity index is 2.12. The number of thiazole rings is 1. The molecule has 2 rings (SSSR count). The fraction of sp³-hybridized carbons (Fsp3) is 0.500. The number of aromatic nitrogens is 1. The lowest BCUT2D eigenvalue weighted by Gasteiger charge is -2.09. The highest BCUT2D eigenvalue weighted by Crippen LogP contribution is 2.25. The van der Waals surface area contributed by atoms with E-state index in [2.05, 4.69) is 20.4 Å². The van der Waals surface area contributed by atoms with Gasteiger partial charge in [0, 0.05) is 24.4 Å². The summed E-state index contributed by atoms with van der Waals surface area (Å²) in [6.45, 7) is 1.80. The average Bonchev–Trinajstić information content (AvgIpc) is 2.59. The number of nitrogens with one attached hydrogen (secondary N) is 2. The molecule has 6 heteroatoms. The lowest BCUT2D eigenvalue weighted by atomic mass is 10.2. The Morgan fingerprint density at radius 3 is 3.29 bits per heavy atom. The Kier molecular flexibility index (Phi) is 2.64. The van der Waals surface area contributed by atoms with E-state index in [1.165, 1.54) is 23.3 Å². The van der Waals surface area contributed by atoms with Gasteiger partial charge in [-0.15, -0.1) is 0 Å². The number of carbonyl (C=O) groups is 1. The highest BCUT2D eigenvalue weighted by atomic mass is 32.1. The Hall–Kier alpha value is -1.14. The van der Waals surface area contributed by atoms with Crippen molar-refractivity contribution in [1.82, 2.24) is 10.3 Å². The maximum atomic E-state index is 10.9. The van der Waals surface area contributed by atoms with Crippen LogP contribution in [0.15, 0.2) is 0 Å². The number of methoxy groups -OCH3 is 1. The van der Waals surface area contributed by atoms with Gasteiger partial charge in [0.25, 0.3) is 0 Å². The van der Waals surface area contributed by atoms with Crippen LogP contribution in [0.3, 0.4) is 0 Å². The van der Waals surface area contributed by atoms with E-state index in [9.17, 15) is 4.79 Å². The van der Waals surface area contributed by atoms with Crippen LogP contribution in [0.2, 0.25) is 0 Å². The maximum absolute atomic E-state index is 10.9. The van der Waals surface area contributed by atoms with Crippen LogP contribution >= 0.6 is 11.3 Å². The van der Waals surface area contributed by atoms with E-state index in [0.29, 0.717) is 5.13 Å². The Labute approximate surface area is 85.5 Å². The van der Waals surface area contributed by atoms with E-state index in [1.807, 2.05) is 0 Å². The molecule has 0 aromatic carbocycles. The van der Waals surface area contributed by atoms with Crippen molar-refractivity contribution in [3.05, 3.63) is 10.6 Å². The molecular formula is C8H11N3O2S. The van der Waals surface area contributed by atoms with E-state index in [4.69, 9.17) is 0 Å². The third kappa shape index (κ3) is 1.85. The van der Waals surface area contributed by atoms with Gasteiger partial charge in [0.05, 0.1) is 12.8 Å². The first-order valence-corrected chi connectivity index (χ1v) is 5.15. The van der Waals surface area contributed by atoms with Crippen LogP contribution < -0.4 is 10.6 Å². The topological polar surface area (TPSA) is 63.2 Å². The zero-order valence-corrected chi connectivity index (χ0v) is 8.61. The number of ether oxygens (including phenoxy) is 1. The van der Waals surface area contributed by atoms with E-state index >= 15 is 0 Å². The van der Waals surface area contributed by atoms with Gasteiger partial charge >= 0.3 is 6.09 Å². The van der Waals surface area contributed by atoms with Crippen LogP contribution in [0.1, 0.15) is 10.6 Å². The highest BCUT2D eigenvalue weighted by Gasteiger charge is 2.15. The zero-order chi connectivity index (χ0) is 9.97. The summed E-state index contributed by atoms with van der Waals surface area (Å²) >= 11 is 1.49. The van der Waals surface area contributed by atoms with Crippen molar-refractivity contribution in [3.8, 4) is 0 Å². The van der Waals surface area contributed by atoms with Crippen LogP contribution in [0.25, 0.3) is 0 Å². The average molecular weight is 213 g/mol. The maximum Gasteiger partial charge on any atom is 0.413 e. The Morgan fingerprint density at radius 1 is 1.71 bits per heavy atom. The van der Waals surface area contributed by atoms with Crippen molar-refractivity contribution < 1.29 is 9.53 Å². The number of amides is 1. The van der Waals surface area contributed by atoms with Gasteiger partial charge < -0.3 is 10.1 Å². The summed E-state index contributed by atoms with van der Waals surface area (Å²) in [6, 6.07) is 0. The minimum Gasteiger partial charge on any atom is -0.453 e. The van der Waals surface area contributed by atoms with E-state index in [-0.39, 0.29) is 0 Å². The second kappa shape index (κ2) is 3.93. The summed E-state index contributed by atoms with van der Waals surface area (Å²) in [5, 5.41) is 6.43. The number of hydrogen-bond donors (Lipinski definition) is 2. The van der Waals surface area contributed by atoms with Crippen molar-refractivity contribution >= 4 is 22.6 Å². The molecule has 2 heterocycles. The molecular weight excluding hydrogens is 202 g/mol. The van der Waals surface area contributed by atoms with Gasteiger partial charge in [0.15, 0.2) is 5.13 Å². The summed E-state index contributed by atoms with van der Waals surface area (Å²) in [7, 11) is 1.34. The van der Waals surface area contributed by atoms with E-state index in [0.717, 1.165) is 25.2 Å². The molecule has 5 nitrogen and oxygen atoms in total. The normalized spacial score (nSPS) is 14.6. The minimum absolute atomic E-state index is 0.468. The molecule has 76 valence electrons. The van der Waals surface area contributed by atoms with Gasteiger partial charge in [-0.1, -0.05) is 11.3 Å². The second-order valence-corrected chi connectivity index (χ2v) is 4.02. The predicted molar refractivity (Wildman–Crippen MR) is 53.6 cm³/mol. The molecule has 0 saturated heterocycles. The smallest absolute Gasteiger partial charge is 0.413 e. The van der Waals surface area contributed by atoms with Crippen molar-refractivity contribution in [3.63, 3.8) is 0 Å². The summed E-state index contributed by atoms with van der Waals surface area (Å²) < 4.78 is 4.49. The number of fused-ring (bicyclic) bond motifs is 1. The summed E-state index contributed by atoms with van der Waals surface area (Å²) in [5.41, 5.74) is 1.08. The molecule has 0 spiro atoms. The molecule has 14 heavy (non-hydrogen) atoms. The number of carbonyl (C=O) groups excluding carboxylic acids is 1. The first-order valence-electron chi connectivity index (χ1n) is 4.34. The largest absolute Gasteiger partial charge is 0.453 e. The molecule has 1 amide bonds. The zero-order valence-electron chi connectivity index (χ0n) is 7.79. The number of rotatable bonds is 1. The molecule has 1 aromatic rings. The van der Waals surface area contributed by atoms with Gasteiger partial charge in [-0.05, 0) is 0 Å². The molecule has 2 N–H and O–H groups in total. The monoisotopic (exact) mass is 213 g/mol. The van der Waals surface area contributed by atoms with Crippen molar-refractivity contribution in [1.29, 1.82) is 0 Å². The Morgan fingerprint density at radius 2 is 2.57 bits per heavy atom. The van der Waals surface area contributed by atoms with Gasteiger partial charge in [-0.3, -0.25) is 5.32 Å². The molecule has 1 aromatic heterocycles. The van der Waals surface area contributed by atoms with Crippen LogP contribution in [-0.2, 0) is 17.7 Å². The SMILES string of the molecule is COC(=O)Nc1nc2c(s1)CNCC2. The minimum atomic E-state index is -0.468.